The molecule has 122 valence electrons. The van der Waals surface area contributed by atoms with Crippen molar-refractivity contribution in [1.29, 1.82) is 5.41 Å². The summed E-state index contributed by atoms with van der Waals surface area (Å²) in [7, 11) is 0. The number of rotatable bonds is 4. The van der Waals surface area contributed by atoms with Gasteiger partial charge in [0.05, 0.1) is 0 Å². The van der Waals surface area contributed by atoms with Gasteiger partial charge < -0.3 is 16.4 Å². The zero-order valence-corrected chi connectivity index (χ0v) is 13.9. The van der Waals surface area contributed by atoms with E-state index < -0.39 is 0 Å². The van der Waals surface area contributed by atoms with Gasteiger partial charge in [-0.15, -0.1) is 24.8 Å². The van der Waals surface area contributed by atoms with Crippen LogP contribution in [0.15, 0.2) is 24.3 Å². The Morgan fingerprint density at radius 3 is 2.64 bits per heavy atom. The lowest BCUT2D eigenvalue weighted by atomic mass is 10.0. The number of nitrogens with one attached hydrogen (secondary N) is 3. The Morgan fingerprint density at radius 1 is 1.36 bits per heavy atom. The Hall–Kier alpha value is -1.30. The third-order valence-corrected chi connectivity index (χ3v) is 4.40. The maximum Gasteiger partial charge on any atom is 0.240 e. The monoisotopic (exact) mass is 344 g/mol. The molecular weight excluding hydrogens is 323 g/mol. The van der Waals surface area contributed by atoms with Crippen LogP contribution in [0.4, 0.5) is 0 Å². The number of fused-ring (bicyclic) bond motifs is 1. The first-order valence-electron chi connectivity index (χ1n) is 7.08. The maximum absolute atomic E-state index is 12.3. The van der Waals surface area contributed by atoms with Crippen LogP contribution in [0.1, 0.15) is 30.4 Å². The molecule has 2 atom stereocenters. The number of nitrogen functional groups attached to an aromatic ring is 1. The number of amides is 1. The Balaban J connectivity index is 0.00000121. The zero-order chi connectivity index (χ0) is 14.2. The fraction of sp³-hybridized carbons (Fsp3) is 0.467. The Kier molecular flexibility index (Phi) is 6.23. The largest absolute Gasteiger partial charge is 0.384 e. The van der Waals surface area contributed by atoms with Gasteiger partial charge in [0.15, 0.2) is 0 Å². The average Bonchev–Trinajstić information content (AvgIpc) is 3.21. The van der Waals surface area contributed by atoms with Crippen LogP contribution in [0, 0.1) is 11.3 Å². The number of benzene rings is 1. The van der Waals surface area contributed by atoms with E-state index in [-0.39, 0.29) is 42.1 Å². The molecule has 5 N–H and O–H groups in total. The molecule has 2 aliphatic rings. The van der Waals surface area contributed by atoms with Gasteiger partial charge in [0.1, 0.15) is 11.4 Å². The summed E-state index contributed by atoms with van der Waals surface area (Å²) in [5.41, 5.74) is 6.86. The molecule has 7 heteroatoms. The number of carbonyl (C=O) groups is 1. The first-order chi connectivity index (χ1) is 9.62. The van der Waals surface area contributed by atoms with E-state index in [4.69, 9.17) is 11.1 Å². The van der Waals surface area contributed by atoms with E-state index in [1.54, 1.807) is 12.1 Å². The van der Waals surface area contributed by atoms with Gasteiger partial charge in [-0.2, -0.15) is 0 Å². The zero-order valence-electron chi connectivity index (χ0n) is 12.2. The van der Waals surface area contributed by atoms with Crippen molar-refractivity contribution in [2.75, 3.05) is 6.54 Å². The minimum absolute atomic E-state index is 0. The first-order valence-corrected chi connectivity index (χ1v) is 7.08. The number of hydrogen-bond acceptors (Lipinski definition) is 3. The van der Waals surface area contributed by atoms with Gasteiger partial charge in [-0.05, 0) is 37.3 Å². The quantitative estimate of drug-likeness (QED) is 0.493. The molecule has 0 spiro atoms. The highest BCUT2D eigenvalue weighted by Gasteiger charge is 2.60. The van der Waals surface area contributed by atoms with Crippen molar-refractivity contribution < 1.29 is 4.79 Å². The molecule has 1 saturated carbocycles. The second-order valence-electron chi connectivity index (χ2n) is 5.73. The maximum atomic E-state index is 12.3. The van der Waals surface area contributed by atoms with Crippen LogP contribution in [0.2, 0.25) is 0 Å². The molecule has 0 bridgehead atoms. The number of halogens is 2. The fourth-order valence-electron chi connectivity index (χ4n) is 3.06. The normalized spacial score (nSPS) is 25.0. The van der Waals surface area contributed by atoms with Crippen LogP contribution in [0.5, 0.6) is 0 Å². The summed E-state index contributed by atoms with van der Waals surface area (Å²) in [5, 5.41) is 13.7. The highest BCUT2D eigenvalue weighted by molar-refractivity contribution is 5.95. The summed E-state index contributed by atoms with van der Waals surface area (Å²) in [4.78, 5) is 12.3. The molecule has 1 saturated heterocycles. The highest BCUT2D eigenvalue weighted by atomic mass is 35.5. The molecule has 1 aliphatic heterocycles. The van der Waals surface area contributed by atoms with Gasteiger partial charge in [0, 0.05) is 12.1 Å². The van der Waals surface area contributed by atoms with Crippen molar-refractivity contribution in [2.24, 2.45) is 11.7 Å². The van der Waals surface area contributed by atoms with E-state index in [9.17, 15) is 4.79 Å². The van der Waals surface area contributed by atoms with Crippen LogP contribution in [0.25, 0.3) is 0 Å². The van der Waals surface area contributed by atoms with E-state index in [1.165, 1.54) is 6.42 Å². The molecule has 0 radical (unpaired) electrons. The van der Waals surface area contributed by atoms with Crippen LogP contribution >= 0.6 is 24.8 Å². The Labute approximate surface area is 142 Å². The number of amidine groups is 1. The van der Waals surface area contributed by atoms with Crippen molar-refractivity contribution in [2.45, 2.75) is 31.3 Å². The topological polar surface area (TPSA) is 91.0 Å². The van der Waals surface area contributed by atoms with E-state index in [1.807, 2.05) is 12.1 Å². The molecule has 1 aliphatic carbocycles. The summed E-state index contributed by atoms with van der Waals surface area (Å²) < 4.78 is 0. The van der Waals surface area contributed by atoms with Crippen LogP contribution in [-0.2, 0) is 11.3 Å². The fourth-order valence-corrected chi connectivity index (χ4v) is 3.06. The SMILES string of the molecule is Cl.Cl.N=C(N)c1ccc(CNC(=O)[C@]23C[C@H]2CCCN3)cc1. The lowest BCUT2D eigenvalue weighted by Gasteiger charge is -2.23. The summed E-state index contributed by atoms with van der Waals surface area (Å²) >= 11 is 0. The minimum Gasteiger partial charge on any atom is -0.384 e. The van der Waals surface area contributed by atoms with Crippen LogP contribution in [-0.4, -0.2) is 23.8 Å². The predicted molar refractivity (Wildman–Crippen MR) is 91.9 cm³/mol. The number of nitrogens with two attached hydrogens (primary N) is 1. The van der Waals surface area contributed by atoms with Crippen molar-refractivity contribution in [3.8, 4) is 0 Å². The van der Waals surface area contributed by atoms with E-state index in [0.717, 1.165) is 24.9 Å². The molecule has 1 amide bonds. The molecule has 1 aromatic rings. The Bertz CT molecular complexity index is 549. The second-order valence-corrected chi connectivity index (χ2v) is 5.73. The van der Waals surface area contributed by atoms with Gasteiger partial charge in [0.2, 0.25) is 5.91 Å². The van der Waals surface area contributed by atoms with Gasteiger partial charge in [-0.1, -0.05) is 24.3 Å². The van der Waals surface area contributed by atoms with Crippen molar-refractivity contribution in [3.05, 3.63) is 35.4 Å². The molecule has 5 nitrogen and oxygen atoms in total. The van der Waals surface area contributed by atoms with Gasteiger partial charge in [-0.3, -0.25) is 10.2 Å². The summed E-state index contributed by atoms with van der Waals surface area (Å²) in [6.07, 6.45) is 3.31. The lowest BCUT2D eigenvalue weighted by Crippen LogP contribution is -2.50. The van der Waals surface area contributed by atoms with Gasteiger partial charge in [0.25, 0.3) is 0 Å². The third-order valence-electron chi connectivity index (χ3n) is 4.40. The lowest BCUT2D eigenvalue weighted by molar-refractivity contribution is -0.125. The molecule has 0 unspecified atom stereocenters. The minimum atomic E-state index is -0.280. The van der Waals surface area contributed by atoms with Crippen LogP contribution in [0.3, 0.4) is 0 Å². The molecular formula is C15H22Cl2N4O. The third kappa shape index (κ3) is 3.54. The molecule has 1 heterocycles. The molecule has 2 fully saturated rings. The average molecular weight is 345 g/mol. The van der Waals surface area contributed by atoms with E-state index in [2.05, 4.69) is 10.6 Å². The first kappa shape index (κ1) is 18.7. The molecule has 22 heavy (non-hydrogen) atoms. The van der Waals surface area contributed by atoms with Crippen molar-refractivity contribution in [1.82, 2.24) is 10.6 Å². The standard InChI is InChI=1S/C15H20N4O.2ClH/c16-13(17)11-5-3-10(4-6-11)9-18-14(20)15-8-12(15)2-1-7-19-15;;/h3-6,12,19H,1-2,7-9H2,(H3,16,17)(H,18,20);2*1H/t12-,15+;;/m1../s1. The predicted octanol–water partition coefficient (Wildman–Crippen LogP) is 1.57. The number of piperidine rings is 1. The summed E-state index contributed by atoms with van der Waals surface area (Å²) in [5.74, 6) is 0.709. The second kappa shape index (κ2) is 7.31. The van der Waals surface area contributed by atoms with Crippen molar-refractivity contribution >= 4 is 36.6 Å². The van der Waals surface area contributed by atoms with Gasteiger partial charge in [-0.25, -0.2) is 0 Å². The molecule has 0 aromatic heterocycles. The summed E-state index contributed by atoms with van der Waals surface area (Å²) in [6, 6.07) is 7.41. The highest BCUT2D eigenvalue weighted by Crippen LogP contribution is 2.48. The van der Waals surface area contributed by atoms with Crippen molar-refractivity contribution in [3.63, 3.8) is 0 Å². The Morgan fingerprint density at radius 2 is 2.05 bits per heavy atom. The van der Waals surface area contributed by atoms with Gasteiger partial charge >= 0.3 is 0 Å². The summed E-state index contributed by atoms with van der Waals surface area (Å²) in [6.45, 7) is 1.46. The number of hydrogen-bond donors (Lipinski definition) is 4. The van der Waals surface area contributed by atoms with Crippen LogP contribution < -0.4 is 16.4 Å². The number of carbonyl (C=O) groups excluding carboxylic acids is 1. The van der Waals surface area contributed by atoms with E-state index in [0.29, 0.717) is 18.0 Å². The van der Waals surface area contributed by atoms with E-state index >= 15 is 0 Å². The smallest absolute Gasteiger partial charge is 0.240 e. The molecule has 3 rings (SSSR count). The molecule has 1 aromatic carbocycles.